The van der Waals surface area contributed by atoms with E-state index in [1.54, 1.807) is 6.20 Å². The summed E-state index contributed by atoms with van der Waals surface area (Å²) in [5, 5.41) is 7.23. The number of nitrogens with one attached hydrogen (secondary N) is 1. The maximum absolute atomic E-state index is 4.20. The van der Waals surface area contributed by atoms with Crippen molar-refractivity contribution in [3.63, 3.8) is 0 Å². The molecular formula is C10H13N5. The van der Waals surface area contributed by atoms with Gasteiger partial charge in [-0.2, -0.15) is 5.10 Å². The minimum Gasteiger partial charge on any atom is -0.386 e. The molecule has 0 unspecified atom stereocenters. The number of hydrogen-bond donors (Lipinski definition) is 1. The fraction of sp³-hybridized carbons (Fsp3) is 0.300. The number of aryl methyl sites for hydroxylation is 1. The Labute approximate surface area is 88.2 Å². The molecule has 2 aromatic rings. The quantitative estimate of drug-likeness (QED) is 0.810. The topological polar surface area (TPSA) is 55.6 Å². The first-order chi connectivity index (χ1) is 7.28. The second kappa shape index (κ2) is 4.08. The molecule has 1 N–H and O–H groups in total. The lowest BCUT2D eigenvalue weighted by molar-refractivity contribution is 0.681. The molecule has 15 heavy (non-hydrogen) atoms. The van der Waals surface area contributed by atoms with Crippen molar-refractivity contribution in [3.8, 4) is 0 Å². The Balaban J connectivity index is 2.11. The monoisotopic (exact) mass is 203 g/mol. The van der Waals surface area contributed by atoms with Crippen molar-refractivity contribution >= 4 is 5.69 Å². The summed E-state index contributed by atoms with van der Waals surface area (Å²) in [6.45, 7) is 2.57. The van der Waals surface area contributed by atoms with E-state index in [9.17, 15) is 0 Å². The molecule has 0 aliphatic heterocycles. The van der Waals surface area contributed by atoms with E-state index in [1.165, 1.54) is 0 Å². The minimum absolute atomic E-state index is 0.696. The highest BCUT2D eigenvalue weighted by atomic mass is 15.3. The smallest absolute Gasteiger partial charge is 0.125 e. The van der Waals surface area contributed by atoms with E-state index < -0.39 is 0 Å². The summed E-state index contributed by atoms with van der Waals surface area (Å²) in [4.78, 5) is 8.27. The molecule has 2 rings (SSSR count). The van der Waals surface area contributed by atoms with Crippen LogP contribution in [0.4, 0.5) is 5.69 Å². The number of rotatable bonds is 3. The first kappa shape index (κ1) is 9.64. The molecule has 0 saturated carbocycles. The molecule has 0 fully saturated rings. The van der Waals surface area contributed by atoms with Crippen LogP contribution in [0.25, 0.3) is 0 Å². The van der Waals surface area contributed by atoms with Crippen LogP contribution in [0.15, 0.2) is 24.8 Å². The van der Waals surface area contributed by atoms with Gasteiger partial charge >= 0.3 is 0 Å². The normalized spacial score (nSPS) is 10.3. The molecule has 0 spiro atoms. The molecule has 0 aromatic carbocycles. The number of anilines is 1. The molecule has 2 heterocycles. The molecule has 78 valence electrons. The zero-order valence-electron chi connectivity index (χ0n) is 8.81. The highest BCUT2D eigenvalue weighted by molar-refractivity contribution is 5.37. The van der Waals surface area contributed by atoms with Gasteiger partial charge in [0.15, 0.2) is 0 Å². The van der Waals surface area contributed by atoms with Crippen molar-refractivity contribution in [2.45, 2.75) is 13.5 Å². The van der Waals surface area contributed by atoms with Crippen LogP contribution in [-0.4, -0.2) is 26.8 Å². The van der Waals surface area contributed by atoms with Gasteiger partial charge in [0.1, 0.15) is 5.82 Å². The van der Waals surface area contributed by atoms with Crippen LogP contribution in [0.5, 0.6) is 0 Å². The third kappa shape index (κ3) is 2.31. The van der Waals surface area contributed by atoms with E-state index in [0.717, 1.165) is 17.1 Å². The summed E-state index contributed by atoms with van der Waals surface area (Å²) in [7, 11) is 1.87. The minimum atomic E-state index is 0.696. The molecule has 0 aliphatic rings. The van der Waals surface area contributed by atoms with Gasteiger partial charge in [-0.25, -0.2) is 9.97 Å². The maximum atomic E-state index is 4.20. The zero-order valence-corrected chi connectivity index (χ0v) is 8.81. The summed E-state index contributed by atoms with van der Waals surface area (Å²) in [5.41, 5.74) is 2.05. The van der Waals surface area contributed by atoms with Gasteiger partial charge in [-0.15, -0.1) is 0 Å². The predicted molar refractivity (Wildman–Crippen MR) is 57.6 cm³/mol. The van der Waals surface area contributed by atoms with Crippen LogP contribution in [-0.2, 0) is 6.54 Å². The Morgan fingerprint density at radius 1 is 1.27 bits per heavy atom. The molecule has 0 atom stereocenters. The van der Waals surface area contributed by atoms with Gasteiger partial charge in [-0.3, -0.25) is 4.68 Å². The van der Waals surface area contributed by atoms with Crippen molar-refractivity contribution in [1.82, 2.24) is 19.7 Å². The maximum Gasteiger partial charge on any atom is 0.125 e. The second-order valence-corrected chi connectivity index (χ2v) is 3.32. The molecule has 0 amide bonds. The Hall–Kier alpha value is -1.91. The van der Waals surface area contributed by atoms with Crippen molar-refractivity contribution in [1.29, 1.82) is 0 Å². The molecule has 0 aliphatic carbocycles. The van der Waals surface area contributed by atoms with Crippen LogP contribution in [0.1, 0.15) is 11.4 Å². The summed E-state index contributed by atoms with van der Waals surface area (Å²) in [5.74, 6) is 0.787. The first-order valence-corrected chi connectivity index (χ1v) is 4.75. The first-order valence-electron chi connectivity index (χ1n) is 4.75. The van der Waals surface area contributed by atoms with Crippen molar-refractivity contribution < 1.29 is 0 Å². The standard InChI is InChI=1S/C10H13N5/c1-8-12-3-9(4-13-8)6-15-7-10(11-2)5-14-15/h3-5,7,11H,6H2,1-2H3. The Morgan fingerprint density at radius 3 is 2.60 bits per heavy atom. The third-order valence-corrected chi connectivity index (χ3v) is 2.10. The van der Waals surface area contributed by atoms with E-state index in [0.29, 0.717) is 6.54 Å². The molecule has 5 nitrogen and oxygen atoms in total. The molecule has 0 saturated heterocycles. The molecule has 5 heteroatoms. The van der Waals surface area contributed by atoms with Crippen molar-refractivity contribution in [2.24, 2.45) is 0 Å². The Morgan fingerprint density at radius 2 is 2.00 bits per heavy atom. The van der Waals surface area contributed by atoms with Gasteiger partial charge < -0.3 is 5.32 Å². The van der Waals surface area contributed by atoms with Crippen molar-refractivity contribution in [2.75, 3.05) is 12.4 Å². The van der Waals surface area contributed by atoms with Gasteiger partial charge in [0.25, 0.3) is 0 Å². The van der Waals surface area contributed by atoms with Gasteiger partial charge in [0.05, 0.1) is 18.4 Å². The second-order valence-electron chi connectivity index (χ2n) is 3.32. The van der Waals surface area contributed by atoms with Crippen LogP contribution in [0, 0.1) is 6.92 Å². The summed E-state index contributed by atoms with van der Waals surface area (Å²) in [6.07, 6.45) is 7.38. The number of nitrogens with zero attached hydrogens (tertiary/aromatic N) is 4. The van der Waals surface area contributed by atoms with Gasteiger partial charge in [-0.1, -0.05) is 0 Å². The Kier molecular flexibility index (Phi) is 2.62. The highest BCUT2D eigenvalue weighted by Crippen LogP contribution is 2.05. The predicted octanol–water partition coefficient (Wildman–Crippen LogP) is 1.07. The van der Waals surface area contributed by atoms with Crippen LogP contribution in [0.2, 0.25) is 0 Å². The summed E-state index contributed by atoms with van der Waals surface area (Å²) < 4.78 is 1.85. The summed E-state index contributed by atoms with van der Waals surface area (Å²) in [6, 6.07) is 0. The third-order valence-electron chi connectivity index (χ3n) is 2.10. The van der Waals surface area contributed by atoms with Crippen LogP contribution < -0.4 is 5.32 Å². The molecule has 0 bridgehead atoms. The molecular weight excluding hydrogens is 190 g/mol. The lowest BCUT2D eigenvalue weighted by Crippen LogP contribution is -2.01. The molecule has 0 radical (unpaired) electrons. The largest absolute Gasteiger partial charge is 0.386 e. The van der Waals surface area contributed by atoms with E-state index >= 15 is 0 Å². The fourth-order valence-electron chi connectivity index (χ4n) is 1.27. The average Bonchev–Trinajstić information content (AvgIpc) is 2.69. The summed E-state index contributed by atoms with van der Waals surface area (Å²) >= 11 is 0. The average molecular weight is 203 g/mol. The lowest BCUT2D eigenvalue weighted by Gasteiger charge is -2.00. The number of hydrogen-bond acceptors (Lipinski definition) is 4. The zero-order chi connectivity index (χ0) is 10.7. The highest BCUT2D eigenvalue weighted by Gasteiger charge is 1.98. The Bertz CT molecular complexity index is 431. The number of aromatic nitrogens is 4. The lowest BCUT2D eigenvalue weighted by atomic mass is 10.3. The SMILES string of the molecule is CNc1cnn(Cc2cnc(C)nc2)c1. The van der Waals surface area contributed by atoms with Crippen LogP contribution >= 0.6 is 0 Å². The fourth-order valence-corrected chi connectivity index (χ4v) is 1.27. The van der Waals surface area contributed by atoms with E-state index in [4.69, 9.17) is 0 Å². The van der Waals surface area contributed by atoms with Gasteiger partial charge in [-0.05, 0) is 6.92 Å². The van der Waals surface area contributed by atoms with Crippen LogP contribution in [0.3, 0.4) is 0 Å². The van der Waals surface area contributed by atoms with E-state index in [2.05, 4.69) is 20.4 Å². The molecule has 2 aromatic heterocycles. The van der Waals surface area contributed by atoms with Gasteiger partial charge in [0, 0.05) is 31.2 Å². The van der Waals surface area contributed by atoms with E-state index in [-0.39, 0.29) is 0 Å². The van der Waals surface area contributed by atoms with Gasteiger partial charge in [0.2, 0.25) is 0 Å². The van der Waals surface area contributed by atoms with E-state index in [1.807, 2.05) is 37.2 Å². The van der Waals surface area contributed by atoms with Crippen molar-refractivity contribution in [3.05, 3.63) is 36.2 Å².